The number of ether oxygens (including phenoxy) is 2. The molecule has 0 fully saturated rings. The van der Waals surface area contributed by atoms with Gasteiger partial charge in [0.25, 0.3) is 0 Å². The molecule has 0 aliphatic rings. The van der Waals surface area contributed by atoms with Gasteiger partial charge >= 0.3 is 0 Å². The van der Waals surface area contributed by atoms with E-state index in [1.165, 1.54) is 0 Å². The van der Waals surface area contributed by atoms with Crippen LogP contribution in [0.5, 0.6) is 11.5 Å². The summed E-state index contributed by atoms with van der Waals surface area (Å²) in [6.07, 6.45) is 1.20. The Morgan fingerprint density at radius 2 is 1.47 bits per heavy atom. The molecule has 1 atom stereocenters. The highest BCUT2D eigenvalue weighted by Crippen LogP contribution is 2.28. The van der Waals surface area contributed by atoms with Gasteiger partial charge in [-0.3, -0.25) is 9.59 Å². The molecule has 0 spiro atoms. The predicted molar refractivity (Wildman–Crippen MR) is 151 cm³/mol. The number of nitrogens with one attached hydrogen (secondary N) is 1. The summed E-state index contributed by atoms with van der Waals surface area (Å²) in [7, 11) is 3.19. The standard InChI is InChI=1S/C32H40N2O4/c1-23-12-14-26(15-13-23)22-34(30(35)19-17-25-16-18-28(37-5)29(21-25)38-6)27(31(36)33-32(2,3)4)20-24-10-8-7-9-11-24/h7-16,18,21,27H,17,19-20,22H2,1-6H3,(H,33,36). The van der Waals surface area contributed by atoms with Crippen molar-refractivity contribution in [3.8, 4) is 11.5 Å². The van der Waals surface area contributed by atoms with Gasteiger partial charge in [0, 0.05) is 24.9 Å². The minimum atomic E-state index is -0.657. The smallest absolute Gasteiger partial charge is 0.243 e. The van der Waals surface area contributed by atoms with E-state index in [1.807, 2.05) is 100 Å². The summed E-state index contributed by atoms with van der Waals surface area (Å²) < 4.78 is 10.8. The molecule has 3 rings (SSSR count). The zero-order valence-electron chi connectivity index (χ0n) is 23.4. The molecule has 0 heterocycles. The van der Waals surface area contributed by atoms with Gasteiger partial charge in [-0.15, -0.1) is 0 Å². The van der Waals surface area contributed by atoms with E-state index in [4.69, 9.17) is 9.47 Å². The van der Waals surface area contributed by atoms with Crippen LogP contribution >= 0.6 is 0 Å². The summed E-state index contributed by atoms with van der Waals surface area (Å²) in [5, 5.41) is 3.11. The summed E-state index contributed by atoms with van der Waals surface area (Å²) in [5.74, 6) is 1.03. The number of hydrogen-bond acceptors (Lipinski definition) is 4. The normalized spacial score (nSPS) is 11.9. The van der Waals surface area contributed by atoms with E-state index in [9.17, 15) is 9.59 Å². The quantitative estimate of drug-likeness (QED) is 0.365. The van der Waals surface area contributed by atoms with E-state index >= 15 is 0 Å². The van der Waals surface area contributed by atoms with Crippen LogP contribution in [0.4, 0.5) is 0 Å². The van der Waals surface area contributed by atoms with Crippen molar-refractivity contribution >= 4 is 11.8 Å². The Kier molecular flexibility index (Phi) is 9.94. The van der Waals surface area contributed by atoms with Crippen molar-refractivity contribution in [3.05, 3.63) is 95.1 Å². The maximum Gasteiger partial charge on any atom is 0.243 e. The monoisotopic (exact) mass is 516 g/mol. The summed E-state index contributed by atoms with van der Waals surface area (Å²) in [6.45, 7) is 8.24. The van der Waals surface area contributed by atoms with Crippen LogP contribution in [0.15, 0.2) is 72.8 Å². The Labute approximate surface area is 227 Å². The van der Waals surface area contributed by atoms with Crippen molar-refractivity contribution in [2.24, 2.45) is 0 Å². The molecule has 6 heteroatoms. The number of carbonyl (C=O) groups is 2. The fourth-order valence-corrected chi connectivity index (χ4v) is 4.33. The molecule has 0 saturated heterocycles. The van der Waals surface area contributed by atoms with E-state index in [2.05, 4.69) is 5.32 Å². The second-order valence-corrected chi connectivity index (χ2v) is 10.6. The molecule has 1 N–H and O–H groups in total. The summed E-state index contributed by atoms with van der Waals surface area (Å²) in [6, 6.07) is 23.0. The van der Waals surface area contributed by atoms with Crippen LogP contribution < -0.4 is 14.8 Å². The van der Waals surface area contributed by atoms with Crippen LogP contribution in [0.25, 0.3) is 0 Å². The van der Waals surface area contributed by atoms with Gasteiger partial charge in [0.2, 0.25) is 11.8 Å². The zero-order chi connectivity index (χ0) is 27.7. The Hall–Kier alpha value is -3.80. The van der Waals surface area contributed by atoms with Crippen molar-refractivity contribution in [2.75, 3.05) is 14.2 Å². The van der Waals surface area contributed by atoms with Crippen LogP contribution in [0.3, 0.4) is 0 Å². The van der Waals surface area contributed by atoms with E-state index in [0.29, 0.717) is 30.9 Å². The second-order valence-electron chi connectivity index (χ2n) is 10.6. The van der Waals surface area contributed by atoms with E-state index in [0.717, 1.165) is 22.3 Å². The highest BCUT2D eigenvalue weighted by molar-refractivity contribution is 5.88. The third kappa shape index (κ3) is 8.37. The lowest BCUT2D eigenvalue weighted by Gasteiger charge is -2.34. The molecule has 38 heavy (non-hydrogen) atoms. The van der Waals surface area contributed by atoms with E-state index in [-0.39, 0.29) is 18.2 Å². The van der Waals surface area contributed by atoms with Crippen molar-refractivity contribution < 1.29 is 19.1 Å². The van der Waals surface area contributed by atoms with E-state index < -0.39 is 11.6 Å². The number of nitrogens with zero attached hydrogens (tertiary/aromatic N) is 1. The molecule has 1 unspecified atom stereocenters. The van der Waals surface area contributed by atoms with Crippen LogP contribution in [0.1, 0.15) is 49.4 Å². The largest absolute Gasteiger partial charge is 0.493 e. The molecule has 0 radical (unpaired) electrons. The maximum atomic E-state index is 13.9. The van der Waals surface area contributed by atoms with Gasteiger partial charge in [0.1, 0.15) is 6.04 Å². The molecular formula is C32H40N2O4. The van der Waals surface area contributed by atoms with Crippen molar-refractivity contribution in [1.29, 1.82) is 0 Å². The Morgan fingerprint density at radius 3 is 2.08 bits per heavy atom. The number of benzene rings is 3. The number of rotatable bonds is 11. The number of methoxy groups -OCH3 is 2. The first-order valence-electron chi connectivity index (χ1n) is 13.0. The Bertz CT molecular complexity index is 1200. The van der Waals surface area contributed by atoms with Gasteiger partial charge in [0.15, 0.2) is 11.5 Å². The van der Waals surface area contributed by atoms with Crippen molar-refractivity contribution in [2.45, 2.75) is 65.1 Å². The topological polar surface area (TPSA) is 67.9 Å². The van der Waals surface area contributed by atoms with Crippen molar-refractivity contribution in [1.82, 2.24) is 10.2 Å². The highest BCUT2D eigenvalue weighted by atomic mass is 16.5. The summed E-state index contributed by atoms with van der Waals surface area (Å²) in [5.41, 5.74) is 3.67. The lowest BCUT2D eigenvalue weighted by molar-refractivity contribution is -0.141. The molecule has 6 nitrogen and oxygen atoms in total. The summed E-state index contributed by atoms with van der Waals surface area (Å²) >= 11 is 0. The molecule has 0 aliphatic carbocycles. The third-order valence-corrected chi connectivity index (χ3v) is 6.32. The predicted octanol–water partition coefficient (Wildman–Crippen LogP) is 5.50. The molecule has 202 valence electrons. The van der Waals surface area contributed by atoms with Crippen LogP contribution in [-0.4, -0.2) is 42.5 Å². The minimum Gasteiger partial charge on any atom is -0.493 e. The average molecular weight is 517 g/mol. The first-order valence-corrected chi connectivity index (χ1v) is 13.0. The molecule has 0 saturated carbocycles. The van der Waals surface area contributed by atoms with Crippen molar-refractivity contribution in [3.63, 3.8) is 0 Å². The fourth-order valence-electron chi connectivity index (χ4n) is 4.33. The molecular weight excluding hydrogens is 476 g/mol. The van der Waals surface area contributed by atoms with Gasteiger partial charge in [0.05, 0.1) is 14.2 Å². The number of hydrogen-bond donors (Lipinski definition) is 1. The van der Waals surface area contributed by atoms with Gasteiger partial charge in [-0.25, -0.2) is 0 Å². The highest BCUT2D eigenvalue weighted by Gasteiger charge is 2.32. The number of amides is 2. The lowest BCUT2D eigenvalue weighted by Crippen LogP contribution is -2.54. The van der Waals surface area contributed by atoms with Gasteiger partial charge in [-0.05, 0) is 62.9 Å². The third-order valence-electron chi connectivity index (χ3n) is 6.32. The molecule has 2 amide bonds. The second kappa shape index (κ2) is 13.1. The fraction of sp³-hybridized carbons (Fsp3) is 0.375. The Balaban J connectivity index is 1.92. The van der Waals surface area contributed by atoms with Gasteiger partial charge < -0.3 is 19.7 Å². The van der Waals surface area contributed by atoms with Crippen LogP contribution in [0.2, 0.25) is 0 Å². The zero-order valence-corrected chi connectivity index (χ0v) is 23.4. The molecule has 3 aromatic rings. The minimum absolute atomic E-state index is 0.0784. The molecule has 0 aromatic heterocycles. The first kappa shape index (κ1) is 28.8. The first-order chi connectivity index (χ1) is 18.1. The molecule has 0 aliphatic heterocycles. The molecule has 0 bridgehead atoms. The molecule has 3 aromatic carbocycles. The Morgan fingerprint density at radius 1 is 0.842 bits per heavy atom. The average Bonchev–Trinajstić information content (AvgIpc) is 2.89. The van der Waals surface area contributed by atoms with Gasteiger partial charge in [-0.2, -0.15) is 0 Å². The van der Waals surface area contributed by atoms with E-state index in [1.54, 1.807) is 19.1 Å². The summed E-state index contributed by atoms with van der Waals surface area (Å²) in [4.78, 5) is 29.2. The SMILES string of the molecule is COc1ccc(CCC(=O)N(Cc2ccc(C)cc2)C(Cc2ccccc2)C(=O)NC(C)(C)C)cc1OC. The number of carbonyl (C=O) groups excluding carboxylic acids is 2. The van der Waals surface area contributed by atoms with Crippen LogP contribution in [0, 0.1) is 6.92 Å². The number of aryl methyl sites for hydroxylation is 2. The lowest BCUT2D eigenvalue weighted by atomic mass is 9.99. The van der Waals surface area contributed by atoms with Crippen LogP contribution in [-0.2, 0) is 29.0 Å². The maximum absolute atomic E-state index is 13.9. The van der Waals surface area contributed by atoms with Gasteiger partial charge in [-0.1, -0.05) is 66.2 Å².